The molecule has 1 aromatic carbocycles. The largest absolute Gasteiger partial charge is 0.207 e. The second-order valence-corrected chi connectivity index (χ2v) is 2.05. The zero-order chi connectivity index (χ0) is 7.56. The quantitative estimate of drug-likeness (QED) is 0.565. The van der Waals surface area contributed by atoms with Gasteiger partial charge in [-0.3, -0.25) is 0 Å². The highest BCUT2D eigenvalue weighted by atomic mass is 19.1. The molecule has 0 spiro atoms. The van der Waals surface area contributed by atoms with Gasteiger partial charge in [-0.2, -0.15) is 0 Å². The van der Waals surface area contributed by atoms with Crippen LogP contribution in [-0.4, -0.2) is 0 Å². The minimum Gasteiger partial charge on any atom is -0.207 e. The van der Waals surface area contributed by atoms with Crippen LogP contribution in [0.5, 0.6) is 0 Å². The summed E-state index contributed by atoms with van der Waals surface area (Å²) in [5, 5.41) is 0. The normalized spacial score (nSPS) is 9.90. The van der Waals surface area contributed by atoms with E-state index in [1.54, 1.807) is 6.92 Å². The van der Waals surface area contributed by atoms with Crippen molar-refractivity contribution in [1.29, 1.82) is 0 Å². The van der Waals surface area contributed by atoms with Crippen molar-refractivity contribution in [1.82, 2.24) is 0 Å². The Morgan fingerprint density at radius 1 is 1.20 bits per heavy atom. The van der Waals surface area contributed by atoms with Crippen molar-refractivity contribution >= 4 is 0 Å². The first-order chi connectivity index (χ1) is 4.75. The molecule has 2 heteroatoms. The summed E-state index contributed by atoms with van der Waals surface area (Å²) in [4.78, 5) is 0. The molecule has 1 aromatic rings. The third kappa shape index (κ3) is 1.15. The number of benzene rings is 1. The second kappa shape index (κ2) is 2.78. The molecule has 0 heterocycles. The van der Waals surface area contributed by atoms with E-state index in [0.717, 1.165) is 0 Å². The highest BCUT2D eigenvalue weighted by Gasteiger charge is 2.03. The van der Waals surface area contributed by atoms with Gasteiger partial charge >= 0.3 is 0 Å². The summed E-state index contributed by atoms with van der Waals surface area (Å²) in [6.45, 7) is 1.72. The van der Waals surface area contributed by atoms with Gasteiger partial charge in [-0.25, -0.2) is 8.78 Å². The van der Waals surface area contributed by atoms with Crippen LogP contribution in [0, 0.1) is 11.6 Å². The Bertz CT molecular complexity index is 210. The van der Waals surface area contributed by atoms with E-state index in [0.29, 0.717) is 6.42 Å². The molecular weight excluding hydrogens is 134 g/mol. The predicted octanol–water partition coefficient (Wildman–Crippen LogP) is 2.53. The van der Waals surface area contributed by atoms with E-state index >= 15 is 0 Å². The minimum atomic E-state index is -0.456. The third-order valence-electron chi connectivity index (χ3n) is 1.42. The lowest BCUT2D eigenvalue weighted by atomic mass is 10.1. The topological polar surface area (TPSA) is 0 Å². The summed E-state index contributed by atoms with van der Waals surface area (Å²) >= 11 is 0. The molecule has 0 amide bonds. The van der Waals surface area contributed by atoms with Crippen molar-refractivity contribution in [2.45, 2.75) is 13.3 Å². The van der Waals surface area contributed by atoms with E-state index in [9.17, 15) is 8.78 Å². The monoisotopic (exact) mass is 142 g/mol. The third-order valence-corrected chi connectivity index (χ3v) is 1.42. The molecule has 0 unspecified atom stereocenters. The van der Waals surface area contributed by atoms with Gasteiger partial charge < -0.3 is 0 Å². The molecule has 0 aliphatic carbocycles. The van der Waals surface area contributed by atoms with Crippen LogP contribution in [0.4, 0.5) is 8.78 Å². The molecule has 1 rings (SSSR count). The second-order valence-electron chi connectivity index (χ2n) is 2.05. The SMILES string of the molecule is CCc1c(F)cccc1F. The maximum Gasteiger partial charge on any atom is 0.129 e. The molecule has 0 bridgehead atoms. The molecule has 0 N–H and O–H groups in total. The summed E-state index contributed by atoms with van der Waals surface area (Å²) in [5.74, 6) is -0.912. The zero-order valence-electron chi connectivity index (χ0n) is 5.70. The standard InChI is InChI=1S/C8H8F2/c1-2-6-7(9)4-3-5-8(6)10/h3-5H,2H2,1H3. The molecule has 0 fully saturated rings. The summed E-state index contributed by atoms with van der Waals surface area (Å²) in [6.07, 6.45) is 0.401. The number of hydrogen-bond acceptors (Lipinski definition) is 0. The Morgan fingerprint density at radius 3 is 2.00 bits per heavy atom. The van der Waals surface area contributed by atoms with E-state index in [4.69, 9.17) is 0 Å². The molecule has 0 aromatic heterocycles. The molecule has 0 atom stereocenters. The van der Waals surface area contributed by atoms with Crippen molar-refractivity contribution in [3.8, 4) is 0 Å². The lowest BCUT2D eigenvalue weighted by Gasteiger charge is -1.98. The summed E-state index contributed by atoms with van der Waals surface area (Å²) < 4.78 is 25.2. The maximum absolute atomic E-state index is 12.6. The first-order valence-corrected chi connectivity index (χ1v) is 3.18. The van der Waals surface area contributed by atoms with E-state index in [1.165, 1.54) is 18.2 Å². The first kappa shape index (κ1) is 7.19. The molecule has 0 nitrogen and oxygen atoms in total. The fourth-order valence-electron chi connectivity index (χ4n) is 0.870. The van der Waals surface area contributed by atoms with Gasteiger partial charge in [0.25, 0.3) is 0 Å². The Labute approximate surface area is 58.5 Å². The van der Waals surface area contributed by atoms with Gasteiger partial charge in [0, 0.05) is 5.56 Å². The molecule has 0 aliphatic heterocycles. The number of halogens is 2. The minimum absolute atomic E-state index is 0.169. The Morgan fingerprint density at radius 2 is 1.70 bits per heavy atom. The Kier molecular flexibility index (Phi) is 2.00. The van der Waals surface area contributed by atoms with Crippen molar-refractivity contribution in [3.05, 3.63) is 35.4 Å². The summed E-state index contributed by atoms with van der Waals surface area (Å²) in [7, 11) is 0. The van der Waals surface area contributed by atoms with Gasteiger partial charge in [0.1, 0.15) is 11.6 Å². The lowest BCUT2D eigenvalue weighted by molar-refractivity contribution is 0.559. The van der Waals surface area contributed by atoms with Gasteiger partial charge in [0.2, 0.25) is 0 Å². The molecule has 54 valence electrons. The van der Waals surface area contributed by atoms with Crippen LogP contribution in [-0.2, 0) is 6.42 Å². The van der Waals surface area contributed by atoms with Crippen LogP contribution in [0.3, 0.4) is 0 Å². The number of hydrogen-bond donors (Lipinski definition) is 0. The van der Waals surface area contributed by atoms with E-state index in [1.807, 2.05) is 0 Å². The molecule has 0 saturated carbocycles. The molecule has 10 heavy (non-hydrogen) atoms. The highest BCUT2D eigenvalue weighted by Crippen LogP contribution is 2.11. The van der Waals surface area contributed by atoms with Gasteiger partial charge in [0.05, 0.1) is 0 Å². The van der Waals surface area contributed by atoms with Crippen LogP contribution in [0.25, 0.3) is 0 Å². The fraction of sp³-hybridized carbons (Fsp3) is 0.250. The first-order valence-electron chi connectivity index (χ1n) is 3.18. The predicted molar refractivity (Wildman–Crippen MR) is 35.7 cm³/mol. The van der Waals surface area contributed by atoms with E-state index < -0.39 is 11.6 Å². The molecule has 0 radical (unpaired) electrons. The Hall–Kier alpha value is -0.920. The average molecular weight is 142 g/mol. The van der Waals surface area contributed by atoms with E-state index in [-0.39, 0.29) is 5.56 Å². The van der Waals surface area contributed by atoms with Crippen molar-refractivity contribution < 1.29 is 8.78 Å². The van der Waals surface area contributed by atoms with Gasteiger partial charge in [-0.1, -0.05) is 13.0 Å². The summed E-state index contributed by atoms with van der Waals surface area (Å²) in [6, 6.07) is 3.90. The molecule has 0 saturated heterocycles. The van der Waals surface area contributed by atoms with Gasteiger partial charge in [-0.05, 0) is 18.6 Å². The van der Waals surface area contributed by atoms with Crippen LogP contribution in [0.2, 0.25) is 0 Å². The van der Waals surface area contributed by atoms with E-state index in [2.05, 4.69) is 0 Å². The highest BCUT2D eigenvalue weighted by molar-refractivity contribution is 5.19. The zero-order valence-corrected chi connectivity index (χ0v) is 5.70. The maximum atomic E-state index is 12.6. The van der Waals surface area contributed by atoms with Crippen molar-refractivity contribution in [3.63, 3.8) is 0 Å². The van der Waals surface area contributed by atoms with Gasteiger partial charge in [-0.15, -0.1) is 0 Å². The van der Waals surface area contributed by atoms with Gasteiger partial charge in [0.15, 0.2) is 0 Å². The van der Waals surface area contributed by atoms with Crippen LogP contribution in [0.15, 0.2) is 18.2 Å². The van der Waals surface area contributed by atoms with Crippen LogP contribution in [0.1, 0.15) is 12.5 Å². The lowest BCUT2D eigenvalue weighted by Crippen LogP contribution is -1.91. The van der Waals surface area contributed by atoms with Crippen molar-refractivity contribution in [2.75, 3.05) is 0 Å². The number of rotatable bonds is 1. The average Bonchev–Trinajstić information content (AvgIpc) is 1.88. The van der Waals surface area contributed by atoms with Crippen molar-refractivity contribution in [2.24, 2.45) is 0 Å². The molecular formula is C8H8F2. The smallest absolute Gasteiger partial charge is 0.129 e. The summed E-state index contributed by atoms with van der Waals surface area (Å²) in [5.41, 5.74) is 0.169. The van der Waals surface area contributed by atoms with Crippen LogP contribution < -0.4 is 0 Å². The van der Waals surface area contributed by atoms with Crippen LogP contribution >= 0.6 is 0 Å². The molecule has 0 aliphatic rings. The fourth-order valence-corrected chi connectivity index (χ4v) is 0.870. The Balaban J connectivity index is 3.17.